The minimum Gasteiger partial charge on any atom is -0.349 e. The predicted molar refractivity (Wildman–Crippen MR) is 130 cm³/mol. The summed E-state index contributed by atoms with van der Waals surface area (Å²) in [6.07, 6.45) is -0.630. The van der Waals surface area contributed by atoms with Gasteiger partial charge in [0.25, 0.3) is 0 Å². The van der Waals surface area contributed by atoms with Gasteiger partial charge in [0, 0.05) is 13.1 Å². The van der Waals surface area contributed by atoms with Crippen LogP contribution in [0.4, 0.5) is 0 Å². The smallest absolute Gasteiger partial charge is 0.177 e. The zero-order valence-corrected chi connectivity index (χ0v) is 19.3. The molecule has 0 amide bonds. The second-order valence-electron chi connectivity index (χ2n) is 8.60. The fourth-order valence-electron chi connectivity index (χ4n) is 4.41. The number of hydrogen-bond acceptors (Lipinski definition) is 6. The molecule has 3 aromatic rings. The topological polar surface area (TPSA) is 61.0 Å². The van der Waals surface area contributed by atoms with Gasteiger partial charge in [0.15, 0.2) is 12.6 Å². The first-order chi connectivity index (χ1) is 16.9. The van der Waals surface area contributed by atoms with Gasteiger partial charge in [-0.25, -0.2) is 0 Å². The maximum Gasteiger partial charge on any atom is 0.177 e. The minimum atomic E-state index is -0.315. The molecule has 3 aromatic carbocycles. The molecule has 0 saturated carbocycles. The molecule has 0 aliphatic carbocycles. The van der Waals surface area contributed by atoms with Crippen molar-refractivity contribution in [2.45, 2.75) is 37.9 Å². The third-order valence-corrected chi connectivity index (χ3v) is 6.21. The van der Waals surface area contributed by atoms with Crippen molar-refractivity contribution in [3.63, 3.8) is 0 Å². The number of ether oxygens (including phenoxy) is 4. The molecule has 0 radical (unpaired) electrons. The molecule has 2 heterocycles. The molecule has 4 atom stereocenters. The van der Waals surface area contributed by atoms with Crippen molar-refractivity contribution in [1.82, 2.24) is 10.6 Å². The highest BCUT2D eigenvalue weighted by atomic mass is 16.7. The van der Waals surface area contributed by atoms with Crippen LogP contribution in [0.25, 0.3) is 0 Å². The summed E-state index contributed by atoms with van der Waals surface area (Å²) in [6.45, 7) is 3.91. The lowest BCUT2D eigenvalue weighted by Gasteiger charge is -2.33. The van der Waals surface area contributed by atoms with E-state index in [1.165, 1.54) is 11.1 Å². The van der Waals surface area contributed by atoms with Crippen LogP contribution in [0.3, 0.4) is 0 Å². The highest BCUT2D eigenvalue weighted by Crippen LogP contribution is 2.25. The molecule has 178 valence electrons. The molecule has 4 unspecified atom stereocenters. The van der Waals surface area contributed by atoms with Crippen LogP contribution in [0.5, 0.6) is 0 Å². The third-order valence-electron chi connectivity index (χ3n) is 6.21. The van der Waals surface area contributed by atoms with E-state index in [4.69, 9.17) is 18.9 Å². The Labute approximate surface area is 201 Å². The van der Waals surface area contributed by atoms with Crippen LogP contribution >= 0.6 is 0 Å². The largest absolute Gasteiger partial charge is 0.349 e. The van der Waals surface area contributed by atoms with E-state index in [-0.39, 0.29) is 24.7 Å². The average molecular weight is 461 g/mol. The van der Waals surface area contributed by atoms with Crippen LogP contribution in [0.15, 0.2) is 84.9 Å². The summed E-state index contributed by atoms with van der Waals surface area (Å²) in [5, 5.41) is 7.02. The lowest BCUT2D eigenvalue weighted by Crippen LogP contribution is -2.43. The molecule has 2 saturated heterocycles. The normalized spacial score (nSPS) is 25.2. The number of rotatable bonds is 8. The van der Waals surface area contributed by atoms with E-state index in [1.807, 2.05) is 36.4 Å². The summed E-state index contributed by atoms with van der Waals surface area (Å²) in [7, 11) is 0. The Kier molecular flexibility index (Phi) is 7.98. The number of hydrogen-bond donors (Lipinski definition) is 2. The van der Waals surface area contributed by atoms with E-state index in [0.29, 0.717) is 26.4 Å². The first-order valence-corrected chi connectivity index (χ1v) is 12.0. The third kappa shape index (κ3) is 5.91. The second kappa shape index (κ2) is 11.7. The van der Waals surface area contributed by atoms with E-state index in [9.17, 15) is 0 Å². The Morgan fingerprint density at radius 1 is 0.588 bits per heavy atom. The summed E-state index contributed by atoms with van der Waals surface area (Å²) in [4.78, 5) is 0. The monoisotopic (exact) mass is 460 g/mol. The van der Waals surface area contributed by atoms with Crippen LogP contribution in [0.2, 0.25) is 0 Å². The Morgan fingerprint density at radius 2 is 1.00 bits per heavy atom. The molecule has 2 fully saturated rings. The van der Waals surface area contributed by atoms with Gasteiger partial charge in [-0.1, -0.05) is 84.9 Å². The Hall–Kier alpha value is -2.58. The predicted octanol–water partition coefficient (Wildman–Crippen LogP) is 4.09. The molecular formula is C28H32N2O4. The molecule has 0 bridgehead atoms. The maximum atomic E-state index is 6.15. The van der Waals surface area contributed by atoms with Gasteiger partial charge >= 0.3 is 0 Å². The standard InChI is InChI=1S/C28H32N2O4/c1-3-7-23(8-4-1)25-27(31-17-15-29-25)33-19-21-11-13-22(14-12-21)20-34-28-26(30-16-18-32-28)24-9-5-2-6-10-24/h1-14,25-30H,15-20H2. The number of nitrogens with one attached hydrogen (secondary N) is 2. The molecule has 34 heavy (non-hydrogen) atoms. The van der Waals surface area contributed by atoms with E-state index < -0.39 is 0 Å². The van der Waals surface area contributed by atoms with Gasteiger partial charge in [-0.2, -0.15) is 0 Å². The quantitative estimate of drug-likeness (QED) is 0.528. The fraction of sp³-hybridized carbons (Fsp3) is 0.357. The second-order valence-corrected chi connectivity index (χ2v) is 8.60. The van der Waals surface area contributed by atoms with Gasteiger partial charge in [0.2, 0.25) is 0 Å². The van der Waals surface area contributed by atoms with Crippen molar-refractivity contribution in [3.8, 4) is 0 Å². The van der Waals surface area contributed by atoms with Gasteiger partial charge in [-0.05, 0) is 22.3 Å². The summed E-state index contributed by atoms with van der Waals surface area (Å²) in [5.41, 5.74) is 4.55. The molecule has 6 nitrogen and oxygen atoms in total. The van der Waals surface area contributed by atoms with Crippen molar-refractivity contribution in [3.05, 3.63) is 107 Å². The summed E-state index contributed by atoms with van der Waals surface area (Å²) in [6, 6.07) is 29.0. The van der Waals surface area contributed by atoms with E-state index in [2.05, 4.69) is 59.2 Å². The number of morpholine rings is 2. The Morgan fingerprint density at radius 3 is 1.41 bits per heavy atom. The van der Waals surface area contributed by atoms with Gasteiger partial charge in [-0.15, -0.1) is 0 Å². The first kappa shape index (κ1) is 23.2. The Balaban J connectivity index is 1.14. The SMILES string of the molecule is c1ccc(C2NCCOC2OCc2ccc(COC3OCCNC3c3ccccc3)cc2)cc1. The molecule has 0 aromatic heterocycles. The van der Waals surface area contributed by atoms with Crippen molar-refractivity contribution in [2.75, 3.05) is 26.3 Å². The summed E-state index contributed by atoms with van der Waals surface area (Å²) in [5.74, 6) is 0. The molecule has 2 aliphatic heterocycles. The zero-order chi connectivity index (χ0) is 23.0. The molecular weight excluding hydrogens is 428 g/mol. The maximum absolute atomic E-state index is 6.15. The van der Waals surface area contributed by atoms with Crippen LogP contribution < -0.4 is 10.6 Å². The van der Waals surface area contributed by atoms with Crippen LogP contribution in [-0.4, -0.2) is 38.9 Å². The zero-order valence-electron chi connectivity index (χ0n) is 19.3. The van der Waals surface area contributed by atoms with Gasteiger partial charge < -0.3 is 29.6 Å². The molecule has 5 rings (SSSR count). The van der Waals surface area contributed by atoms with Gasteiger partial charge in [0.05, 0.1) is 38.5 Å². The van der Waals surface area contributed by atoms with Crippen LogP contribution in [0.1, 0.15) is 34.3 Å². The van der Waals surface area contributed by atoms with E-state index >= 15 is 0 Å². The lowest BCUT2D eigenvalue weighted by atomic mass is 10.1. The van der Waals surface area contributed by atoms with Crippen molar-refractivity contribution >= 4 is 0 Å². The lowest BCUT2D eigenvalue weighted by molar-refractivity contribution is -0.184. The molecule has 2 aliphatic rings. The highest BCUT2D eigenvalue weighted by molar-refractivity contribution is 5.23. The van der Waals surface area contributed by atoms with Crippen LogP contribution in [-0.2, 0) is 32.2 Å². The van der Waals surface area contributed by atoms with Gasteiger partial charge in [0.1, 0.15) is 0 Å². The van der Waals surface area contributed by atoms with Crippen molar-refractivity contribution in [2.24, 2.45) is 0 Å². The van der Waals surface area contributed by atoms with Crippen LogP contribution in [0, 0.1) is 0 Å². The molecule has 6 heteroatoms. The minimum absolute atomic E-state index is 0.0317. The first-order valence-electron chi connectivity index (χ1n) is 12.0. The molecule has 2 N–H and O–H groups in total. The van der Waals surface area contributed by atoms with Crippen molar-refractivity contribution < 1.29 is 18.9 Å². The average Bonchev–Trinajstić information content (AvgIpc) is 2.93. The van der Waals surface area contributed by atoms with Gasteiger partial charge in [-0.3, -0.25) is 0 Å². The highest BCUT2D eigenvalue weighted by Gasteiger charge is 2.28. The van der Waals surface area contributed by atoms with Crippen molar-refractivity contribution in [1.29, 1.82) is 0 Å². The fourth-order valence-corrected chi connectivity index (χ4v) is 4.41. The summed E-state index contributed by atoms with van der Waals surface area (Å²) >= 11 is 0. The van der Waals surface area contributed by atoms with E-state index in [0.717, 1.165) is 24.2 Å². The van der Waals surface area contributed by atoms with E-state index in [1.54, 1.807) is 0 Å². The molecule has 0 spiro atoms. The Bertz CT molecular complexity index is 917. The number of benzene rings is 3. The summed E-state index contributed by atoms with van der Waals surface area (Å²) < 4.78 is 24.1.